The molecular weight excluding hydrogens is 404 g/mol. The minimum atomic E-state index is -1.69. The van der Waals surface area contributed by atoms with Crippen LogP contribution in [0.3, 0.4) is 0 Å². The highest BCUT2D eigenvalue weighted by Crippen LogP contribution is 2.27. The van der Waals surface area contributed by atoms with E-state index in [1.807, 2.05) is 0 Å². The molecule has 0 amide bonds. The molecule has 0 saturated heterocycles. The number of amidine groups is 1. The number of thiophene rings is 1. The van der Waals surface area contributed by atoms with Gasteiger partial charge in [0.2, 0.25) is 17.4 Å². The number of nitrogens with two attached hydrogens (primary N) is 1. The number of rotatable bonds is 6. The van der Waals surface area contributed by atoms with Crippen molar-refractivity contribution < 1.29 is 36.3 Å². The van der Waals surface area contributed by atoms with E-state index >= 15 is 0 Å². The van der Waals surface area contributed by atoms with Crippen LogP contribution in [-0.4, -0.2) is 11.8 Å². The molecule has 0 fully saturated rings. The van der Waals surface area contributed by atoms with E-state index in [0.717, 1.165) is 0 Å². The van der Waals surface area contributed by atoms with Crippen LogP contribution < -0.4 is 10.5 Å². The normalized spacial score (nSPS) is 11.5. The van der Waals surface area contributed by atoms with Gasteiger partial charge < -0.3 is 19.7 Å². The fourth-order valence-electron chi connectivity index (χ4n) is 1.99. The quantitative estimate of drug-likeness (QED) is 0.165. The predicted octanol–water partition coefficient (Wildman–Crippen LogP) is 3.95. The summed E-state index contributed by atoms with van der Waals surface area (Å²) >= 11 is 1.29. The fourth-order valence-corrected chi connectivity index (χ4v) is 2.61. The molecule has 3 rings (SSSR count). The van der Waals surface area contributed by atoms with Crippen LogP contribution in [0.15, 0.2) is 45.3 Å². The van der Waals surface area contributed by atoms with E-state index in [-0.39, 0.29) is 23.4 Å². The van der Waals surface area contributed by atoms with Crippen molar-refractivity contribution in [3.8, 4) is 5.75 Å². The Labute approximate surface area is 158 Å². The number of hydrogen-bond donors (Lipinski definition) is 1. The summed E-state index contributed by atoms with van der Waals surface area (Å²) in [5.74, 6) is -9.22. The lowest BCUT2D eigenvalue weighted by Gasteiger charge is -2.08. The van der Waals surface area contributed by atoms with Crippen LogP contribution >= 0.6 is 11.3 Å². The molecule has 2 aromatic heterocycles. The van der Waals surface area contributed by atoms with Gasteiger partial charge in [-0.25, -0.2) is 13.6 Å². The van der Waals surface area contributed by atoms with Gasteiger partial charge in [-0.15, -0.1) is 11.3 Å². The Hall–Kier alpha value is -3.34. The molecule has 0 atom stereocenters. The summed E-state index contributed by atoms with van der Waals surface area (Å²) in [5.41, 5.74) is 5.64. The molecule has 28 heavy (non-hydrogen) atoms. The number of ether oxygens (including phenoxy) is 1. The Balaban J connectivity index is 1.65. The second kappa shape index (κ2) is 8.13. The molecule has 0 aliphatic rings. The van der Waals surface area contributed by atoms with Crippen LogP contribution in [-0.2, 0) is 11.4 Å². The number of carbonyl (C=O) groups is 1. The lowest BCUT2D eigenvalue weighted by molar-refractivity contribution is 0.0475. The number of halogens is 4. The summed E-state index contributed by atoms with van der Waals surface area (Å²) < 4.78 is 63.2. The number of carbonyl (C=O) groups excluding carboxylic acids is 1. The topological polar surface area (TPSA) is 87.1 Å². The first-order valence-corrected chi connectivity index (χ1v) is 8.38. The van der Waals surface area contributed by atoms with Gasteiger partial charge >= 0.3 is 5.97 Å². The zero-order chi connectivity index (χ0) is 20.3. The molecule has 0 saturated carbocycles. The lowest BCUT2D eigenvalue weighted by atomic mass is 10.3. The Kier molecular flexibility index (Phi) is 5.64. The summed E-state index contributed by atoms with van der Waals surface area (Å²) in [5, 5.41) is 5.23. The first kappa shape index (κ1) is 19.4. The number of furan rings is 1. The van der Waals surface area contributed by atoms with Crippen molar-refractivity contribution in [2.24, 2.45) is 10.9 Å². The van der Waals surface area contributed by atoms with Crippen LogP contribution in [0.4, 0.5) is 17.6 Å². The average molecular weight is 414 g/mol. The number of oxime groups is 1. The molecule has 0 radical (unpaired) electrons. The summed E-state index contributed by atoms with van der Waals surface area (Å²) in [7, 11) is 0. The smallest absolute Gasteiger partial charge is 0.400 e. The molecular formula is C17H10F4N2O4S. The Morgan fingerprint density at radius 2 is 1.86 bits per heavy atom. The molecule has 11 heteroatoms. The van der Waals surface area contributed by atoms with E-state index in [1.165, 1.54) is 23.5 Å². The van der Waals surface area contributed by atoms with Crippen LogP contribution in [0, 0.1) is 23.3 Å². The van der Waals surface area contributed by atoms with Crippen molar-refractivity contribution in [1.82, 2.24) is 0 Å². The maximum Gasteiger partial charge on any atom is 0.400 e. The van der Waals surface area contributed by atoms with E-state index in [9.17, 15) is 22.4 Å². The molecule has 0 aliphatic carbocycles. The average Bonchev–Trinajstić information content (AvgIpc) is 3.36. The standard InChI is InChI=1S/C17H10F4N2O4S/c18-9-6-10(19)14(21)15(13(9)20)25-7-8-3-4-11(26-8)17(24)27-23-16(22)12-2-1-5-28-12/h1-6H,7H2,(H2,22,23). The van der Waals surface area contributed by atoms with Gasteiger partial charge in [0, 0.05) is 6.07 Å². The molecule has 0 bridgehead atoms. The molecule has 0 unspecified atom stereocenters. The summed E-state index contributed by atoms with van der Waals surface area (Å²) in [6.07, 6.45) is 0. The predicted molar refractivity (Wildman–Crippen MR) is 89.8 cm³/mol. The Morgan fingerprint density at radius 1 is 1.14 bits per heavy atom. The third-order valence-electron chi connectivity index (χ3n) is 3.29. The molecule has 146 valence electrons. The van der Waals surface area contributed by atoms with Gasteiger partial charge in [0.15, 0.2) is 23.2 Å². The van der Waals surface area contributed by atoms with Crippen molar-refractivity contribution in [3.05, 3.63) is 75.4 Å². The van der Waals surface area contributed by atoms with Gasteiger partial charge in [0.1, 0.15) is 12.4 Å². The van der Waals surface area contributed by atoms with Crippen molar-refractivity contribution in [1.29, 1.82) is 0 Å². The van der Waals surface area contributed by atoms with E-state index < -0.39 is 41.6 Å². The molecule has 0 spiro atoms. The third-order valence-corrected chi connectivity index (χ3v) is 4.19. The number of benzene rings is 1. The van der Waals surface area contributed by atoms with Gasteiger partial charge in [-0.1, -0.05) is 11.2 Å². The van der Waals surface area contributed by atoms with E-state index in [4.69, 9.17) is 14.9 Å². The molecule has 0 aliphatic heterocycles. The zero-order valence-electron chi connectivity index (χ0n) is 13.7. The van der Waals surface area contributed by atoms with Gasteiger partial charge in [0.05, 0.1) is 4.88 Å². The van der Waals surface area contributed by atoms with Gasteiger partial charge in [0.25, 0.3) is 0 Å². The maximum atomic E-state index is 13.5. The molecule has 3 aromatic rings. The first-order chi connectivity index (χ1) is 13.4. The van der Waals surface area contributed by atoms with Crippen LogP contribution in [0.1, 0.15) is 21.2 Å². The van der Waals surface area contributed by atoms with Crippen molar-refractivity contribution in [2.75, 3.05) is 0 Å². The monoisotopic (exact) mass is 414 g/mol. The number of nitrogens with zero attached hydrogens (tertiary/aromatic N) is 1. The van der Waals surface area contributed by atoms with Crippen LogP contribution in [0.5, 0.6) is 5.75 Å². The van der Waals surface area contributed by atoms with Gasteiger partial charge in [-0.2, -0.15) is 8.78 Å². The Morgan fingerprint density at radius 3 is 2.50 bits per heavy atom. The van der Waals surface area contributed by atoms with Crippen LogP contribution in [0.2, 0.25) is 0 Å². The van der Waals surface area contributed by atoms with E-state index in [2.05, 4.69) is 9.99 Å². The molecule has 2 heterocycles. The van der Waals surface area contributed by atoms with Crippen molar-refractivity contribution in [2.45, 2.75) is 6.61 Å². The summed E-state index contributed by atoms with van der Waals surface area (Å²) in [6, 6.07) is 5.90. The minimum Gasteiger partial charge on any atom is -0.479 e. The van der Waals surface area contributed by atoms with Crippen molar-refractivity contribution >= 4 is 23.1 Å². The Bertz CT molecular complexity index is 1010. The van der Waals surface area contributed by atoms with E-state index in [0.29, 0.717) is 4.88 Å². The minimum absolute atomic E-state index is 0.0162. The highest BCUT2D eigenvalue weighted by Gasteiger charge is 2.21. The second-order valence-corrected chi connectivity index (χ2v) is 6.13. The van der Waals surface area contributed by atoms with Crippen molar-refractivity contribution in [3.63, 3.8) is 0 Å². The zero-order valence-corrected chi connectivity index (χ0v) is 14.6. The van der Waals surface area contributed by atoms with E-state index in [1.54, 1.807) is 17.5 Å². The number of hydrogen-bond acceptors (Lipinski definition) is 6. The van der Waals surface area contributed by atoms with Gasteiger partial charge in [-0.05, 0) is 23.6 Å². The molecule has 2 N–H and O–H groups in total. The molecule has 1 aromatic carbocycles. The summed E-state index contributed by atoms with van der Waals surface area (Å²) in [4.78, 5) is 17.1. The fraction of sp³-hybridized carbons (Fsp3) is 0.0588. The molecule has 6 nitrogen and oxygen atoms in total. The summed E-state index contributed by atoms with van der Waals surface area (Å²) in [6.45, 7) is -0.607. The SMILES string of the molecule is N/C(=N\OC(=O)c1ccc(COc2c(F)c(F)cc(F)c2F)o1)c1cccs1. The lowest BCUT2D eigenvalue weighted by Crippen LogP contribution is -2.13. The first-order valence-electron chi connectivity index (χ1n) is 7.50. The largest absolute Gasteiger partial charge is 0.479 e. The third kappa shape index (κ3) is 4.14. The van der Waals surface area contributed by atoms with Gasteiger partial charge in [-0.3, -0.25) is 0 Å². The maximum absolute atomic E-state index is 13.5. The van der Waals surface area contributed by atoms with Crippen LogP contribution in [0.25, 0.3) is 0 Å². The highest BCUT2D eigenvalue weighted by molar-refractivity contribution is 7.12. The highest BCUT2D eigenvalue weighted by atomic mass is 32.1. The second-order valence-electron chi connectivity index (χ2n) is 5.18.